The number of carbonyl (C=O) groups excluding carboxylic acids is 1. The lowest BCUT2D eigenvalue weighted by Crippen LogP contribution is -2.44. The monoisotopic (exact) mass is 472 g/mol. The van der Waals surface area contributed by atoms with Crippen molar-refractivity contribution in [2.75, 3.05) is 27.2 Å². The Morgan fingerprint density at radius 3 is 2.67 bits per heavy atom. The maximum Gasteiger partial charge on any atom is 0.248 e. The zero-order valence-corrected chi connectivity index (χ0v) is 20.3. The number of piperidine rings is 1. The third-order valence-electron chi connectivity index (χ3n) is 6.47. The van der Waals surface area contributed by atoms with E-state index in [2.05, 4.69) is 22.6 Å². The quantitative estimate of drug-likeness (QED) is 0.694. The van der Waals surface area contributed by atoms with E-state index in [0.29, 0.717) is 31.6 Å². The van der Waals surface area contributed by atoms with Gasteiger partial charge in [0.25, 0.3) is 0 Å². The van der Waals surface area contributed by atoms with Gasteiger partial charge >= 0.3 is 0 Å². The Labute approximate surface area is 195 Å². The van der Waals surface area contributed by atoms with Crippen LogP contribution in [0.25, 0.3) is 6.08 Å². The summed E-state index contributed by atoms with van der Waals surface area (Å²) in [5.41, 5.74) is 2.85. The fraction of sp³-hybridized carbons (Fsp3) is 0.500. The van der Waals surface area contributed by atoms with Crippen molar-refractivity contribution in [3.05, 3.63) is 53.0 Å². The SMILES string of the molecule is Cc1noc(/C=C/N(C)C)c1S(=O)(=O)N1CCC(C(=O)N[C@H]2CCCc3ccccc32)CC1. The Balaban J connectivity index is 1.41. The van der Waals surface area contributed by atoms with Crippen molar-refractivity contribution in [2.45, 2.75) is 50.0 Å². The minimum absolute atomic E-state index is 0.0181. The Morgan fingerprint density at radius 1 is 1.21 bits per heavy atom. The topological polar surface area (TPSA) is 95.8 Å². The first-order valence-corrected chi connectivity index (χ1v) is 12.9. The van der Waals surface area contributed by atoms with Gasteiger partial charge < -0.3 is 14.7 Å². The number of fused-ring (bicyclic) bond motifs is 1. The molecule has 1 aliphatic heterocycles. The molecular formula is C24H32N4O4S. The molecule has 178 valence electrons. The highest BCUT2D eigenvalue weighted by atomic mass is 32.2. The summed E-state index contributed by atoms with van der Waals surface area (Å²) in [6.07, 6.45) is 7.35. The third-order valence-corrected chi connectivity index (χ3v) is 8.52. The molecule has 33 heavy (non-hydrogen) atoms. The van der Waals surface area contributed by atoms with Gasteiger partial charge in [-0.15, -0.1) is 0 Å². The standard InChI is InChI=1S/C24H32N4O4S/c1-17-23(22(32-26-17)13-14-27(2)3)33(30,31)28-15-11-19(12-16-28)24(29)25-21-10-6-8-18-7-4-5-9-20(18)21/h4-5,7,9,13-14,19,21H,6,8,10-12,15-16H2,1-3H3,(H,25,29)/b14-13+/t21-/m0/s1. The molecule has 9 heteroatoms. The molecule has 1 aliphatic carbocycles. The second-order valence-electron chi connectivity index (χ2n) is 9.07. The maximum atomic E-state index is 13.3. The van der Waals surface area contributed by atoms with Gasteiger partial charge in [-0.3, -0.25) is 4.79 Å². The largest absolute Gasteiger partial charge is 0.383 e. The fourth-order valence-electron chi connectivity index (χ4n) is 4.70. The van der Waals surface area contributed by atoms with Crippen LogP contribution < -0.4 is 5.32 Å². The molecule has 0 radical (unpaired) electrons. The van der Waals surface area contributed by atoms with E-state index in [4.69, 9.17) is 4.52 Å². The van der Waals surface area contributed by atoms with Crippen LogP contribution in [0.15, 0.2) is 39.9 Å². The highest BCUT2D eigenvalue weighted by Gasteiger charge is 2.36. The van der Waals surface area contributed by atoms with Gasteiger partial charge in [0.15, 0.2) is 10.7 Å². The molecule has 4 rings (SSSR count). The molecule has 0 bridgehead atoms. The van der Waals surface area contributed by atoms with Crippen LogP contribution in [0.4, 0.5) is 0 Å². The zero-order valence-electron chi connectivity index (χ0n) is 19.5. The summed E-state index contributed by atoms with van der Waals surface area (Å²) in [6, 6.07) is 8.32. The Bertz CT molecular complexity index is 1130. The van der Waals surface area contributed by atoms with Crippen LogP contribution in [0, 0.1) is 12.8 Å². The Kier molecular flexibility index (Phi) is 6.90. The van der Waals surface area contributed by atoms with Crippen LogP contribution in [0.5, 0.6) is 0 Å². The number of rotatable bonds is 6. The molecule has 2 heterocycles. The van der Waals surface area contributed by atoms with Gasteiger partial charge in [-0.05, 0) is 50.2 Å². The molecule has 1 saturated heterocycles. The number of carbonyl (C=O) groups is 1. The van der Waals surface area contributed by atoms with Gasteiger partial charge in [0, 0.05) is 45.4 Å². The molecule has 1 N–H and O–H groups in total. The lowest BCUT2D eigenvalue weighted by molar-refractivity contribution is -0.127. The lowest BCUT2D eigenvalue weighted by atomic mass is 9.87. The number of aryl methyl sites for hydroxylation is 2. The average molecular weight is 473 g/mol. The second kappa shape index (κ2) is 9.69. The van der Waals surface area contributed by atoms with E-state index in [1.807, 2.05) is 26.2 Å². The van der Waals surface area contributed by atoms with E-state index in [0.717, 1.165) is 19.3 Å². The zero-order chi connectivity index (χ0) is 23.6. The highest BCUT2D eigenvalue weighted by molar-refractivity contribution is 7.89. The average Bonchev–Trinajstić information content (AvgIpc) is 3.19. The van der Waals surface area contributed by atoms with Crippen LogP contribution in [0.2, 0.25) is 0 Å². The van der Waals surface area contributed by atoms with E-state index < -0.39 is 10.0 Å². The Morgan fingerprint density at radius 2 is 1.94 bits per heavy atom. The molecule has 0 unspecified atom stereocenters. The highest BCUT2D eigenvalue weighted by Crippen LogP contribution is 2.32. The molecular weight excluding hydrogens is 440 g/mol. The molecule has 1 aromatic carbocycles. The van der Waals surface area contributed by atoms with E-state index in [-0.39, 0.29) is 28.5 Å². The van der Waals surface area contributed by atoms with Crippen LogP contribution >= 0.6 is 0 Å². The fourth-order valence-corrected chi connectivity index (χ4v) is 6.42. The van der Waals surface area contributed by atoms with Crippen LogP contribution in [0.1, 0.15) is 54.3 Å². The van der Waals surface area contributed by atoms with E-state index in [1.165, 1.54) is 15.4 Å². The molecule has 1 aromatic heterocycles. The predicted octanol–water partition coefficient (Wildman–Crippen LogP) is 3.11. The summed E-state index contributed by atoms with van der Waals surface area (Å²) < 4.78 is 33.4. The number of aromatic nitrogens is 1. The van der Waals surface area contributed by atoms with Crippen molar-refractivity contribution in [1.82, 2.24) is 19.7 Å². The second-order valence-corrected chi connectivity index (χ2v) is 10.9. The predicted molar refractivity (Wildman–Crippen MR) is 126 cm³/mol. The van der Waals surface area contributed by atoms with Crippen LogP contribution in [-0.2, 0) is 21.2 Å². The summed E-state index contributed by atoms with van der Waals surface area (Å²) in [5.74, 6) is 0.0452. The maximum absolute atomic E-state index is 13.3. The van der Waals surface area contributed by atoms with Gasteiger partial charge in [0.2, 0.25) is 15.9 Å². The minimum Gasteiger partial charge on any atom is -0.383 e. The van der Waals surface area contributed by atoms with E-state index >= 15 is 0 Å². The van der Waals surface area contributed by atoms with Crippen molar-refractivity contribution >= 4 is 22.0 Å². The first-order valence-electron chi connectivity index (χ1n) is 11.5. The van der Waals surface area contributed by atoms with E-state index in [1.54, 1.807) is 24.1 Å². The normalized spacial score (nSPS) is 20.0. The number of hydrogen-bond donors (Lipinski definition) is 1. The van der Waals surface area contributed by atoms with Gasteiger partial charge in [-0.2, -0.15) is 4.31 Å². The molecule has 8 nitrogen and oxygen atoms in total. The lowest BCUT2D eigenvalue weighted by Gasteiger charge is -2.32. The van der Waals surface area contributed by atoms with Crippen molar-refractivity contribution in [2.24, 2.45) is 5.92 Å². The van der Waals surface area contributed by atoms with Crippen molar-refractivity contribution in [3.63, 3.8) is 0 Å². The van der Waals surface area contributed by atoms with Crippen molar-refractivity contribution in [3.8, 4) is 0 Å². The summed E-state index contributed by atoms with van der Waals surface area (Å²) in [4.78, 5) is 14.9. The molecule has 2 aliphatic rings. The summed E-state index contributed by atoms with van der Waals surface area (Å²) >= 11 is 0. The number of amides is 1. The van der Waals surface area contributed by atoms with Crippen LogP contribution in [-0.4, -0.2) is 55.9 Å². The van der Waals surface area contributed by atoms with Crippen molar-refractivity contribution in [1.29, 1.82) is 0 Å². The number of nitrogens with zero attached hydrogens (tertiary/aromatic N) is 3. The Hall–Kier alpha value is -2.65. The summed E-state index contributed by atoms with van der Waals surface area (Å²) in [7, 11) is -0.0828. The van der Waals surface area contributed by atoms with Gasteiger partial charge in [-0.1, -0.05) is 29.4 Å². The van der Waals surface area contributed by atoms with Crippen LogP contribution in [0.3, 0.4) is 0 Å². The molecule has 2 aromatic rings. The first kappa shape index (κ1) is 23.5. The number of benzene rings is 1. The molecule has 1 atom stereocenters. The van der Waals surface area contributed by atoms with E-state index in [9.17, 15) is 13.2 Å². The molecule has 0 saturated carbocycles. The first-order chi connectivity index (χ1) is 15.8. The molecule has 0 spiro atoms. The van der Waals surface area contributed by atoms with Gasteiger partial charge in [0.1, 0.15) is 5.69 Å². The molecule has 1 amide bonds. The third kappa shape index (κ3) is 4.99. The molecule has 1 fully saturated rings. The van der Waals surface area contributed by atoms with Gasteiger partial charge in [0.05, 0.1) is 6.04 Å². The number of hydrogen-bond acceptors (Lipinski definition) is 6. The number of sulfonamides is 1. The van der Waals surface area contributed by atoms with Gasteiger partial charge in [-0.25, -0.2) is 8.42 Å². The summed E-state index contributed by atoms with van der Waals surface area (Å²) in [5, 5.41) is 7.09. The summed E-state index contributed by atoms with van der Waals surface area (Å²) in [6.45, 7) is 2.22. The number of nitrogens with one attached hydrogen (secondary N) is 1. The minimum atomic E-state index is -3.77. The smallest absolute Gasteiger partial charge is 0.248 e. The van der Waals surface area contributed by atoms with Crippen molar-refractivity contribution < 1.29 is 17.7 Å².